The highest BCUT2D eigenvalue weighted by molar-refractivity contribution is 5.83. The molecule has 0 fully saturated rings. The third-order valence-corrected chi connectivity index (χ3v) is 3.70. The molecular weight excluding hydrogens is 254 g/mol. The van der Waals surface area contributed by atoms with E-state index in [1.54, 1.807) is 6.07 Å². The largest absolute Gasteiger partial charge is 0.493 e. The summed E-state index contributed by atoms with van der Waals surface area (Å²) < 4.78 is 5.52. The van der Waals surface area contributed by atoms with Gasteiger partial charge in [0.25, 0.3) is 0 Å². The fourth-order valence-electron chi connectivity index (χ4n) is 2.49. The minimum Gasteiger partial charge on any atom is -0.493 e. The molecule has 0 radical (unpaired) electrons. The lowest BCUT2D eigenvalue weighted by Crippen LogP contribution is -2.48. The molecule has 3 rings (SSSR count). The van der Waals surface area contributed by atoms with Crippen molar-refractivity contribution in [2.45, 2.75) is 12.0 Å². The Morgan fingerprint density at radius 2 is 1.90 bits per heavy atom. The minimum atomic E-state index is -1.38. The Morgan fingerprint density at radius 3 is 2.60 bits per heavy atom. The molecular formula is C16H15NO3. The standard InChI is InChI=1S/C16H15NO3/c17-16(15(18)19)8-9-20-14-7-6-12(10-13(14)16)11-4-2-1-3-5-11/h1-7,10H,8-9,17H2,(H,18,19). The van der Waals surface area contributed by atoms with Crippen molar-refractivity contribution in [3.8, 4) is 16.9 Å². The fourth-order valence-corrected chi connectivity index (χ4v) is 2.49. The highest BCUT2D eigenvalue weighted by atomic mass is 16.5. The summed E-state index contributed by atoms with van der Waals surface area (Å²) in [4.78, 5) is 11.5. The first-order valence-corrected chi connectivity index (χ1v) is 6.46. The van der Waals surface area contributed by atoms with Gasteiger partial charge in [0.2, 0.25) is 0 Å². The SMILES string of the molecule is NC1(C(=O)O)CCOc2ccc(-c3ccccc3)cc21. The molecule has 1 unspecified atom stereocenters. The maximum absolute atomic E-state index is 11.5. The van der Waals surface area contributed by atoms with Gasteiger partial charge in [-0.1, -0.05) is 36.4 Å². The molecule has 1 aliphatic rings. The highest BCUT2D eigenvalue weighted by Crippen LogP contribution is 2.38. The lowest BCUT2D eigenvalue weighted by Gasteiger charge is -2.32. The molecule has 1 heterocycles. The first kappa shape index (κ1) is 12.7. The highest BCUT2D eigenvalue weighted by Gasteiger charge is 2.41. The van der Waals surface area contributed by atoms with E-state index in [0.717, 1.165) is 11.1 Å². The molecule has 1 atom stereocenters. The van der Waals surface area contributed by atoms with Crippen molar-refractivity contribution >= 4 is 5.97 Å². The van der Waals surface area contributed by atoms with E-state index in [1.165, 1.54) is 0 Å². The molecule has 0 aliphatic carbocycles. The zero-order valence-corrected chi connectivity index (χ0v) is 10.9. The molecule has 4 heteroatoms. The van der Waals surface area contributed by atoms with E-state index in [2.05, 4.69) is 0 Å². The van der Waals surface area contributed by atoms with Crippen LogP contribution in [0.1, 0.15) is 12.0 Å². The van der Waals surface area contributed by atoms with E-state index in [4.69, 9.17) is 10.5 Å². The van der Waals surface area contributed by atoms with Crippen LogP contribution in [0.15, 0.2) is 48.5 Å². The summed E-state index contributed by atoms with van der Waals surface area (Å²) >= 11 is 0. The van der Waals surface area contributed by atoms with Crippen molar-refractivity contribution in [2.24, 2.45) is 5.73 Å². The number of hydrogen-bond donors (Lipinski definition) is 2. The molecule has 0 bridgehead atoms. The number of carboxylic acids is 1. The van der Waals surface area contributed by atoms with Crippen LogP contribution in [0.4, 0.5) is 0 Å². The number of nitrogens with two attached hydrogens (primary N) is 1. The monoisotopic (exact) mass is 269 g/mol. The quantitative estimate of drug-likeness (QED) is 0.878. The zero-order valence-electron chi connectivity index (χ0n) is 10.9. The van der Waals surface area contributed by atoms with Gasteiger partial charge in [0.1, 0.15) is 11.3 Å². The van der Waals surface area contributed by atoms with Gasteiger partial charge in [-0.15, -0.1) is 0 Å². The number of ether oxygens (including phenoxy) is 1. The Bertz CT molecular complexity index is 654. The van der Waals surface area contributed by atoms with Crippen LogP contribution >= 0.6 is 0 Å². The molecule has 0 saturated carbocycles. The first-order valence-electron chi connectivity index (χ1n) is 6.46. The van der Waals surface area contributed by atoms with E-state index < -0.39 is 11.5 Å². The third kappa shape index (κ3) is 1.94. The Balaban J connectivity index is 2.14. The molecule has 1 aliphatic heterocycles. The number of fused-ring (bicyclic) bond motifs is 1. The summed E-state index contributed by atoms with van der Waals surface area (Å²) in [6.07, 6.45) is 0.271. The Kier molecular flexibility index (Phi) is 2.95. The molecule has 102 valence electrons. The molecule has 4 nitrogen and oxygen atoms in total. The van der Waals surface area contributed by atoms with Crippen molar-refractivity contribution in [3.05, 3.63) is 54.1 Å². The van der Waals surface area contributed by atoms with Gasteiger partial charge < -0.3 is 15.6 Å². The Labute approximate surface area is 116 Å². The summed E-state index contributed by atoms with van der Waals surface area (Å²) in [5.41, 5.74) is 7.20. The van der Waals surface area contributed by atoms with Gasteiger partial charge in [-0.3, -0.25) is 0 Å². The number of rotatable bonds is 2. The maximum Gasteiger partial charge on any atom is 0.328 e. The molecule has 0 aromatic heterocycles. The average Bonchev–Trinajstić information content (AvgIpc) is 2.48. The fraction of sp³-hybridized carbons (Fsp3) is 0.188. The predicted molar refractivity (Wildman–Crippen MR) is 75.5 cm³/mol. The number of carboxylic acid groups (broad SMARTS) is 1. The van der Waals surface area contributed by atoms with Gasteiger partial charge in [-0.05, 0) is 23.3 Å². The Hall–Kier alpha value is -2.33. The normalized spacial score (nSPS) is 20.9. The van der Waals surface area contributed by atoms with Crippen molar-refractivity contribution in [1.82, 2.24) is 0 Å². The zero-order chi connectivity index (χ0) is 14.2. The smallest absolute Gasteiger partial charge is 0.328 e. The van der Waals surface area contributed by atoms with Gasteiger partial charge in [-0.2, -0.15) is 0 Å². The molecule has 2 aromatic carbocycles. The van der Waals surface area contributed by atoms with E-state index in [1.807, 2.05) is 42.5 Å². The van der Waals surface area contributed by atoms with Gasteiger partial charge in [-0.25, -0.2) is 4.79 Å². The topological polar surface area (TPSA) is 72.6 Å². The minimum absolute atomic E-state index is 0.271. The number of carbonyl (C=O) groups is 1. The van der Waals surface area contributed by atoms with Crippen molar-refractivity contribution in [1.29, 1.82) is 0 Å². The van der Waals surface area contributed by atoms with E-state index in [-0.39, 0.29) is 6.42 Å². The second kappa shape index (κ2) is 4.65. The average molecular weight is 269 g/mol. The predicted octanol–water partition coefficient (Wildman–Crippen LogP) is 2.37. The van der Waals surface area contributed by atoms with Crippen LogP contribution in [-0.4, -0.2) is 17.7 Å². The van der Waals surface area contributed by atoms with Crippen LogP contribution in [0.3, 0.4) is 0 Å². The second-order valence-corrected chi connectivity index (χ2v) is 4.95. The molecule has 3 N–H and O–H groups in total. The van der Waals surface area contributed by atoms with Crippen molar-refractivity contribution in [3.63, 3.8) is 0 Å². The molecule has 0 amide bonds. The van der Waals surface area contributed by atoms with E-state index in [9.17, 15) is 9.90 Å². The summed E-state index contributed by atoms with van der Waals surface area (Å²) in [5, 5.41) is 9.43. The van der Waals surface area contributed by atoms with Crippen LogP contribution in [0.5, 0.6) is 5.75 Å². The lowest BCUT2D eigenvalue weighted by atomic mass is 9.84. The molecule has 0 spiro atoms. The summed E-state index contributed by atoms with van der Waals surface area (Å²) in [7, 11) is 0. The second-order valence-electron chi connectivity index (χ2n) is 4.95. The Morgan fingerprint density at radius 1 is 1.15 bits per heavy atom. The van der Waals surface area contributed by atoms with Crippen LogP contribution in [0, 0.1) is 0 Å². The number of hydrogen-bond acceptors (Lipinski definition) is 3. The van der Waals surface area contributed by atoms with E-state index >= 15 is 0 Å². The summed E-state index contributed by atoms with van der Waals surface area (Å²) in [6.45, 7) is 0.320. The molecule has 2 aromatic rings. The van der Waals surface area contributed by atoms with Gasteiger partial charge in [0, 0.05) is 12.0 Å². The number of benzene rings is 2. The van der Waals surface area contributed by atoms with Crippen molar-refractivity contribution < 1.29 is 14.6 Å². The third-order valence-electron chi connectivity index (χ3n) is 3.70. The summed E-state index contributed by atoms with van der Waals surface area (Å²) in [5.74, 6) is -0.465. The first-order chi connectivity index (χ1) is 9.61. The van der Waals surface area contributed by atoms with E-state index in [0.29, 0.717) is 17.9 Å². The van der Waals surface area contributed by atoms with Gasteiger partial charge in [0.15, 0.2) is 0 Å². The van der Waals surface area contributed by atoms with Crippen LogP contribution in [-0.2, 0) is 10.3 Å². The number of aliphatic carboxylic acids is 1. The maximum atomic E-state index is 11.5. The lowest BCUT2D eigenvalue weighted by molar-refractivity contribution is -0.144. The van der Waals surface area contributed by atoms with Crippen LogP contribution in [0.25, 0.3) is 11.1 Å². The molecule has 0 saturated heterocycles. The van der Waals surface area contributed by atoms with Crippen LogP contribution < -0.4 is 10.5 Å². The van der Waals surface area contributed by atoms with Gasteiger partial charge in [0.05, 0.1) is 6.61 Å². The molecule has 20 heavy (non-hydrogen) atoms. The van der Waals surface area contributed by atoms with Gasteiger partial charge >= 0.3 is 5.97 Å². The van der Waals surface area contributed by atoms with Crippen molar-refractivity contribution in [2.75, 3.05) is 6.61 Å². The summed E-state index contributed by atoms with van der Waals surface area (Å²) in [6, 6.07) is 15.3. The van der Waals surface area contributed by atoms with Crippen LogP contribution in [0.2, 0.25) is 0 Å².